The molecule has 1 aliphatic heterocycles. The number of anilines is 1. The molecule has 5 heteroatoms. The highest BCUT2D eigenvalue weighted by Gasteiger charge is 2.20. The molecule has 1 atom stereocenters. The molecule has 0 bridgehead atoms. The molecule has 2 N–H and O–H groups in total. The van der Waals surface area contributed by atoms with Crippen LogP contribution in [-0.2, 0) is 4.79 Å². The van der Waals surface area contributed by atoms with Gasteiger partial charge in [0.15, 0.2) is 0 Å². The molecule has 18 heavy (non-hydrogen) atoms. The van der Waals surface area contributed by atoms with Gasteiger partial charge in [0.1, 0.15) is 6.07 Å². The van der Waals surface area contributed by atoms with E-state index in [0.29, 0.717) is 22.8 Å². The number of benzene rings is 1. The van der Waals surface area contributed by atoms with E-state index >= 15 is 0 Å². The van der Waals surface area contributed by atoms with Gasteiger partial charge >= 0.3 is 0 Å². The van der Waals surface area contributed by atoms with Crippen molar-refractivity contribution in [3.05, 3.63) is 28.8 Å². The third kappa shape index (κ3) is 3.00. The van der Waals surface area contributed by atoms with Gasteiger partial charge in [-0.15, -0.1) is 0 Å². The number of nitriles is 1. The fourth-order valence-corrected chi connectivity index (χ4v) is 2.17. The van der Waals surface area contributed by atoms with Crippen LogP contribution in [0.25, 0.3) is 0 Å². The zero-order chi connectivity index (χ0) is 13.0. The molecule has 4 nitrogen and oxygen atoms in total. The van der Waals surface area contributed by atoms with Crippen LogP contribution in [0.1, 0.15) is 18.4 Å². The second-order valence-electron chi connectivity index (χ2n) is 4.34. The lowest BCUT2D eigenvalue weighted by molar-refractivity contribution is -0.120. The summed E-state index contributed by atoms with van der Waals surface area (Å²) < 4.78 is 0. The van der Waals surface area contributed by atoms with Crippen LogP contribution >= 0.6 is 11.6 Å². The van der Waals surface area contributed by atoms with E-state index in [1.54, 1.807) is 18.2 Å². The van der Waals surface area contributed by atoms with Crippen molar-refractivity contribution in [3.63, 3.8) is 0 Å². The van der Waals surface area contributed by atoms with Crippen molar-refractivity contribution in [2.45, 2.75) is 12.8 Å². The van der Waals surface area contributed by atoms with E-state index in [4.69, 9.17) is 16.9 Å². The Hall–Kier alpha value is -1.57. The number of hydrogen-bond donors (Lipinski definition) is 2. The summed E-state index contributed by atoms with van der Waals surface area (Å²) in [5.74, 6) is -0.00613. The number of amides is 1. The third-order valence-electron chi connectivity index (χ3n) is 3.02. The van der Waals surface area contributed by atoms with Gasteiger partial charge in [-0.25, -0.2) is 0 Å². The fourth-order valence-electron chi connectivity index (χ4n) is 2.01. The Bertz CT molecular complexity index is 489. The minimum absolute atomic E-state index is 0.0000335. The molecule has 0 aliphatic carbocycles. The zero-order valence-electron chi connectivity index (χ0n) is 9.87. The number of carbonyl (C=O) groups is 1. The molecule has 2 rings (SSSR count). The van der Waals surface area contributed by atoms with Crippen LogP contribution in [0.15, 0.2) is 18.2 Å². The van der Waals surface area contributed by atoms with E-state index in [1.165, 1.54) is 0 Å². The predicted octanol–water partition coefficient (Wildman–Crippen LogP) is 2.15. The number of hydrogen-bond acceptors (Lipinski definition) is 3. The van der Waals surface area contributed by atoms with Crippen LogP contribution in [0.5, 0.6) is 0 Å². The molecule has 0 radical (unpaired) electrons. The van der Waals surface area contributed by atoms with Crippen LogP contribution in [0.2, 0.25) is 5.02 Å². The van der Waals surface area contributed by atoms with Crippen molar-refractivity contribution < 1.29 is 4.79 Å². The maximum absolute atomic E-state index is 12.0. The van der Waals surface area contributed by atoms with Crippen LogP contribution in [0.3, 0.4) is 0 Å². The third-order valence-corrected chi connectivity index (χ3v) is 3.35. The standard InChI is InChI=1S/C13H14ClN3O/c14-12-4-3-11(6-10(12)7-15)17-13(18)9-2-1-5-16-8-9/h3-4,6,9,16H,1-2,5,8H2,(H,17,18)/t9-/m0/s1. The SMILES string of the molecule is N#Cc1cc(NC(=O)[C@H]2CCCNC2)ccc1Cl. The number of carbonyl (C=O) groups excluding carboxylic acids is 1. The van der Waals surface area contributed by atoms with E-state index in [0.717, 1.165) is 19.4 Å². The number of rotatable bonds is 2. The van der Waals surface area contributed by atoms with Crippen molar-refractivity contribution in [3.8, 4) is 6.07 Å². The fraction of sp³-hybridized carbons (Fsp3) is 0.385. The van der Waals surface area contributed by atoms with Gasteiger partial charge in [-0.05, 0) is 37.6 Å². The molecule has 1 aromatic rings. The second-order valence-corrected chi connectivity index (χ2v) is 4.75. The summed E-state index contributed by atoms with van der Waals surface area (Å²) in [5, 5.41) is 15.3. The highest BCUT2D eigenvalue weighted by Crippen LogP contribution is 2.21. The molecule has 1 aromatic carbocycles. The Morgan fingerprint density at radius 1 is 1.56 bits per heavy atom. The largest absolute Gasteiger partial charge is 0.326 e. The van der Waals surface area contributed by atoms with Crippen molar-refractivity contribution in [1.29, 1.82) is 5.26 Å². The van der Waals surface area contributed by atoms with Crippen LogP contribution < -0.4 is 10.6 Å². The quantitative estimate of drug-likeness (QED) is 0.859. The lowest BCUT2D eigenvalue weighted by Crippen LogP contribution is -2.37. The molecule has 1 aliphatic rings. The van der Waals surface area contributed by atoms with Gasteiger partial charge in [-0.2, -0.15) is 5.26 Å². The van der Waals surface area contributed by atoms with Gasteiger partial charge in [-0.3, -0.25) is 4.79 Å². The molecule has 0 spiro atoms. The van der Waals surface area contributed by atoms with E-state index in [1.807, 2.05) is 6.07 Å². The molecular formula is C13H14ClN3O. The van der Waals surface area contributed by atoms with Crippen LogP contribution in [0, 0.1) is 17.2 Å². The van der Waals surface area contributed by atoms with E-state index in [2.05, 4.69) is 10.6 Å². The topological polar surface area (TPSA) is 64.9 Å². The minimum Gasteiger partial charge on any atom is -0.326 e. The summed E-state index contributed by atoms with van der Waals surface area (Å²) in [4.78, 5) is 12.0. The van der Waals surface area contributed by atoms with E-state index < -0.39 is 0 Å². The Morgan fingerprint density at radius 2 is 2.39 bits per heavy atom. The molecule has 1 amide bonds. The molecule has 1 heterocycles. The van der Waals surface area contributed by atoms with Gasteiger partial charge < -0.3 is 10.6 Å². The first-order valence-electron chi connectivity index (χ1n) is 5.92. The lowest BCUT2D eigenvalue weighted by Gasteiger charge is -2.21. The normalized spacial score (nSPS) is 19.0. The molecule has 94 valence electrons. The summed E-state index contributed by atoms with van der Waals surface area (Å²) in [7, 11) is 0. The monoisotopic (exact) mass is 263 g/mol. The molecule has 0 aromatic heterocycles. The lowest BCUT2D eigenvalue weighted by atomic mass is 9.99. The minimum atomic E-state index is -0.00610. The van der Waals surface area contributed by atoms with Gasteiger partial charge in [0.25, 0.3) is 0 Å². The van der Waals surface area contributed by atoms with Crippen molar-refractivity contribution >= 4 is 23.2 Å². The smallest absolute Gasteiger partial charge is 0.228 e. The number of nitrogens with zero attached hydrogens (tertiary/aromatic N) is 1. The maximum atomic E-state index is 12.0. The summed E-state index contributed by atoms with van der Waals surface area (Å²) in [5.41, 5.74) is 0.989. The van der Waals surface area contributed by atoms with Gasteiger partial charge in [0.2, 0.25) is 5.91 Å². The molecular weight excluding hydrogens is 250 g/mol. The van der Waals surface area contributed by atoms with Crippen molar-refractivity contribution in [1.82, 2.24) is 5.32 Å². The first-order valence-corrected chi connectivity index (χ1v) is 6.29. The van der Waals surface area contributed by atoms with Gasteiger partial charge in [-0.1, -0.05) is 11.6 Å². The zero-order valence-corrected chi connectivity index (χ0v) is 10.6. The molecule has 1 saturated heterocycles. The Kier molecular flexibility index (Phi) is 4.19. The van der Waals surface area contributed by atoms with Gasteiger partial charge in [0, 0.05) is 12.2 Å². The average Bonchev–Trinajstić information content (AvgIpc) is 2.42. The highest BCUT2D eigenvalue weighted by atomic mass is 35.5. The first-order chi connectivity index (χ1) is 8.70. The predicted molar refractivity (Wildman–Crippen MR) is 70.4 cm³/mol. The van der Waals surface area contributed by atoms with E-state index in [-0.39, 0.29) is 11.8 Å². The Balaban J connectivity index is 2.05. The van der Waals surface area contributed by atoms with Crippen molar-refractivity contribution in [2.24, 2.45) is 5.92 Å². The summed E-state index contributed by atoms with van der Waals surface area (Å²) in [6.07, 6.45) is 1.92. The van der Waals surface area contributed by atoms with Gasteiger partial charge in [0.05, 0.1) is 16.5 Å². The molecule has 0 unspecified atom stereocenters. The summed E-state index contributed by atoms with van der Waals surface area (Å²) >= 11 is 5.84. The van der Waals surface area contributed by atoms with Crippen molar-refractivity contribution in [2.75, 3.05) is 18.4 Å². The maximum Gasteiger partial charge on any atom is 0.228 e. The van der Waals surface area contributed by atoms with Crippen LogP contribution in [-0.4, -0.2) is 19.0 Å². The number of nitrogens with one attached hydrogen (secondary N) is 2. The molecule has 0 saturated carbocycles. The summed E-state index contributed by atoms with van der Waals surface area (Å²) in [6.45, 7) is 1.69. The van der Waals surface area contributed by atoms with E-state index in [9.17, 15) is 4.79 Å². The molecule has 1 fully saturated rings. The number of piperidine rings is 1. The average molecular weight is 264 g/mol. The van der Waals surface area contributed by atoms with Crippen LogP contribution in [0.4, 0.5) is 5.69 Å². The Labute approximate surface area is 111 Å². The Morgan fingerprint density at radius 3 is 3.06 bits per heavy atom. The summed E-state index contributed by atoms with van der Waals surface area (Å²) in [6, 6.07) is 6.91. The number of halogens is 1. The second kappa shape index (κ2) is 5.85. The highest BCUT2D eigenvalue weighted by molar-refractivity contribution is 6.31. The first kappa shape index (κ1) is 12.9.